The number of carbonyl (C=O) groups is 1. The molecule has 1 aromatic heterocycles. The van der Waals surface area contributed by atoms with Gasteiger partial charge in [0.25, 0.3) is 5.91 Å². The van der Waals surface area contributed by atoms with E-state index in [9.17, 15) is 18.0 Å². The third kappa shape index (κ3) is 6.53. The average Bonchev–Trinajstić information content (AvgIpc) is 2.76. The Balaban J connectivity index is 1.77. The maximum Gasteiger partial charge on any atom is 0.399 e. The zero-order valence-electron chi connectivity index (χ0n) is 18.2. The van der Waals surface area contributed by atoms with Gasteiger partial charge in [-0.2, -0.15) is 13.2 Å². The Labute approximate surface area is 210 Å². The Morgan fingerprint density at radius 2 is 1.79 bits per heavy atom. The second-order valence-electron chi connectivity index (χ2n) is 7.76. The minimum absolute atomic E-state index is 0.0000548. The Morgan fingerprint density at radius 3 is 2.38 bits per heavy atom. The van der Waals surface area contributed by atoms with Crippen molar-refractivity contribution in [3.05, 3.63) is 103 Å². The maximum atomic E-state index is 13.8. The molecule has 0 spiro atoms. The summed E-state index contributed by atoms with van der Waals surface area (Å²) < 4.78 is 41.3. The van der Waals surface area contributed by atoms with Gasteiger partial charge in [0.2, 0.25) is 0 Å². The Kier molecular flexibility index (Phi) is 8.29. The quantitative estimate of drug-likeness (QED) is 0.331. The molecule has 3 rings (SSSR count). The Hall–Kier alpha value is -2.54. The van der Waals surface area contributed by atoms with Crippen LogP contribution in [0.25, 0.3) is 6.08 Å². The number of nitrogens with one attached hydrogen (secondary N) is 1. The summed E-state index contributed by atoms with van der Waals surface area (Å²) in [4.78, 5) is 16.5. The lowest BCUT2D eigenvalue weighted by atomic mass is 9.95. The minimum Gasteiger partial charge on any atom is -0.348 e. The second-order valence-corrected chi connectivity index (χ2v) is 8.93. The number of pyridine rings is 1. The van der Waals surface area contributed by atoms with Gasteiger partial charge in [-0.1, -0.05) is 71.2 Å². The van der Waals surface area contributed by atoms with Crippen LogP contribution in [-0.4, -0.2) is 17.1 Å². The number of rotatable bonds is 6. The molecule has 1 unspecified atom stereocenters. The number of hydrogen-bond donors (Lipinski definition) is 1. The monoisotopic (exact) mass is 526 g/mol. The first-order valence-electron chi connectivity index (χ1n) is 10.2. The van der Waals surface area contributed by atoms with E-state index in [4.69, 9.17) is 34.8 Å². The Morgan fingerprint density at radius 1 is 1.06 bits per heavy atom. The Bertz CT molecular complexity index is 1200. The van der Waals surface area contributed by atoms with Crippen molar-refractivity contribution >= 4 is 46.8 Å². The largest absolute Gasteiger partial charge is 0.399 e. The van der Waals surface area contributed by atoms with Gasteiger partial charge >= 0.3 is 6.18 Å². The molecule has 0 aliphatic rings. The third-order valence-electron chi connectivity index (χ3n) is 5.16. The number of aryl methyl sites for hydroxylation is 2. The van der Waals surface area contributed by atoms with E-state index in [-0.39, 0.29) is 28.1 Å². The third-order valence-corrected chi connectivity index (χ3v) is 6.28. The van der Waals surface area contributed by atoms with Crippen LogP contribution in [0, 0.1) is 13.8 Å². The lowest BCUT2D eigenvalue weighted by Crippen LogP contribution is -2.23. The molecule has 1 N–H and O–H groups in total. The fourth-order valence-corrected chi connectivity index (χ4v) is 3.88. The number of nitrogens with zero attached hydrogens (tertiary/aromatic N) is 1. The summed E-state index contributed by atoms with van der Waals surface area (Å²) in [5.74, 6) is -2.17. The molecule has 3 aromatic rings. The fourth-order valence-electron chi connectivity index (χ4n) is 3.38. The van der Waals surface area contributed by atoms with Gasteiger partial charge in [-0.15, -0.1) is 0 Å². The number of aromatic nitrogens is 1. The van der Waals surface area contributed by atoms with Crippen molar-refractivity contribution in [3.8, 4) is 0 Å². The van der Waals surface area contributed by atoms with Crippen molar-refractivity contribution in [1.29, 1.82) is 0 Å². The van der Waals surface area contributed by atoms with Gasteiger partial charge in [-0.25, -0.2) is 4.98 Å². The summed E-state index contributed by atoms with van der Waals surface area (Å²) in [5.41, 5.74) is 2.83. The van der Waals surface area contributed by atoms with Crippen LogP contribution < -0.4 is 5.32 Å². The summed E-state index contributed by atoms with van der Waals surface area (Å²) in [6, 6.07) is 10.8. The maximum absolute atomic E-state index is 13.8. The van der Waals surface area contributed by atoms with Gasteiger partial charge in [-0.3, -0.25) is 4.79 Å². The highest BCUT2D eigenvalue weighted by Gasteiger charge is 2.39. The van der Waals surface area contributed by atoms with Crippen molar-refractivity contribution < 1.29 is 18.0 Å². The molecule has 1 atom stereocenters. The molecule has 0 aliphatic carbocycles. The molecule has 9 heteroatoms. The molecule has 178 valence electrons. The predicted octanol–water partition coefficient (Wildman–Crippen LogP) is 7.95. The summed E-state index contributed by atoms with van der Waals surface area (Å²) >= 11 is 17.7. The molecule has 1 amide bonds. The van der Waals surface area contributed by atoms with Crippen LogP contribution in [0.3, 0.4) is 0 Å². The van der Waals surface area contributed by atoms with E-state index >= 15 is 0 Å². The van der Waals surface area contributed by atoms with Crippen molar-refractivity contribution in [2.24, 2.45) is 0 Å². The van der Waals surface area contributed by atoms with Crippen LogP contribution in [0.5, 0.6) is 0 Å². The van der Waals surface area contributed by atoms with E-state index < -0.39 is 12.1 Å². The molecule has 2 aromatic carbocycles. The van der Waals surface area contributed by atoms with Crippen LogP contribution in [0.4, 0.5) is 13.2 Å². The zero-order chi connectivity index (χ0) is 25.0. The van der Waals surface area contributed by atoms with Crippen molar-refractivity contribution in [3.63, 3.8) is 0 Å². The summed E-state index contributed by atoms with van der Waals surface area (Å²) in [5, 5.41) is 3.45. The van der Waals surface area contributed by atoms with Crippen molar-refractivity contribution in [1.82, 2.24) is 10.3 Å². The molecule has 0 saturated heterocycles. The van der Waals surface area contributed by atoms with Crippen LogP contribution in [-0.2, 0) is 6.54 Å². The highest BCUT2D eigenvalue weighted by Crippen LogP contribution is 2.39. The molecular formula is C25H20Cl3F3N2O. The number of alkyl halides is 3. The van der Waals surface area contributed by atoms with Crippen LogP contribution in [0.1, 0.15) is 44.1 Å². The lowest BCUT2D eigenvalue weighted by Gasteiger charge is -2.19. The van der Waals surface area contributed by atoms with Gasteiger partial charge in [0, 0.05) is 18.3 Å². The van der Waals surface area contributed by atoms with Gasteiger partial charge in [-0.05, 0) is 59.9 Å². The molecule has 0 radical (unpaired) electrons. The van der Waals surface area contributed by atoms with E-state index in [0.29, 0.717) is 27.4 Å². The summed E-state index contributed by atoms with van der Waals surface area (Å²) in [6.07, 6.45) is -0.508. The number of allylic oxidation sites excluding steroid dienone is 1. The smallest absolute Gasteiger partial charge is 0.348 e. The number of benzene rings is 2. The fraction of sp³-hybridized carbons (Fsp3) is 0.200. The lowest BCUT2D eigenvalue weighted by molar-refractivity contribution is -0.139. The number of carbonyl (C=O) groups excluding carboxylic acids is 1. The predicted molar refractivity (Wildman–Crippen MR) is 131 cm³/mol. The first kappa shape index (κ1) is 26.1. The average molecular weight is 528 g/mol. The summed E-state index contributed by atoms with van der Waals surface area (Å²) in [6.45, 7) is 3.59. The topological polar surface area (TPSA) is 42.0 Å². The molecule has 0 bridgehead atoms. The van der Waals surface area contributed by atoms with Crippen molar-refractivity contribution in [2.75, 3.05) is 0 Å². The van der Waals surface area contributed by atoms with Gasteiger partial charge in [0.05, 0.1) is 16.0 Å². The van der Waals surface area contributed by atoms with E-state index in [1.807, 2.05) is 0 Å². The minimum atomic E-state index is -4.52. The first-order chi connectivity index (χ1) is 16.0. The van der Waals surface area contributed by atoms with E-state index in [2.05, 4.69) is 10.3 Å². The first-order valence-corrected chi connectivity index (χ1v) is 11.3. The molecule has 34 heavy (non-hydrogen) atoms. The molecule has 3 nitrogen and oxygen atoms in total. The van der Waals surface area contributed by atoms with Gasteiger partial charge in [0.1, 0.15) is 5.15 Å². The number of halogens is 6. The second kappa shape index (κ2) is 10.8. The number of hydrogen-bond acceptors (Lipinski definition) is 2. The van der Waals surface area contributed by atoms with Crippen LogP contribution in [0.2, 0.25) is 15.2 Å². The molecular weight excluding hydrogens is 508 g/mol. The van der Waals surface area contributed by atoms with E-state index in [1.54, 1.807) is 50.4 Å². The van der Waals surface area contributed by atoms with Crippen LogP contribution >= 0.6 is 34.8 Å². The number of amides is 1. The highest BCUT2D eigenvalue weighted by molar-refractivity contribution is 6.42. The molecule has 0 fully saturated rings. The van der Waals surface area contributed by atoms with Crippen LogP contribution in [0.15, 0.2) is 54.7 Å². The standard InChI is InChI=1S/C25H20Cl3F3N2O/c1-14-9-16(3-6-19(14)24(34)33-13-17-5-8-22(27)32-12-17)4-7-20(25(29,30)31)18-10-15(2)23(28)21(26)11-18/h3-12,20H,13H2,1-2H3,(H,33,34)/b7-4+. The van der Waals surface area contributed by atoms with E-state index in [1.165, 1.54) is 18.2 Å². The zero-order valence-corrected chi connectivity index (χ0v) is 20.4. The van der Waals surface area contributed by atoms with Gasteiger partial charge in [0.15, 0.2) is 0 Å². The van der Waals surface area contributed by atoms with Gasteiger partial charge < -0.3 is 5.32 Å². The summed E-state index contributed by atoms with van der Waals surface area (Å²) in [7, 11) is 0. The molecule has 0 aliphatic heterocycles. The highest BCUT2D eigenvalue weighted by atomic mass is 35.5. The molecule has 1 heterocycles. The molecule has 0 saturated carbocycles. The van der Waals surface area contributed by atoms with Crippen molar-refractivity contribution in [2.45, 2.75) is 32.5 Å². The van der Waals surface area contributed by atoms with E-state index in [0.717, 1.165) is 11.6 Å². The SMILES string of the molecule is Cc1cc(/C=C/C(c2cc(C)c(Cl)c(Cl)c2)C(F)(F)F)ccc1C(=O)NCc1ccc(Cl)nc1. The normalized spacial score (nSPS) is 12.7.